The van der Waals surface area contributed by atoms with E-state index in [9.17, 15) is 0 Å². The summed E-state index contributed by atoms with van der Waals surface area (Å²) in [7, 11) is 0. The molecule has 1 nitrogen and oxygen atoms in total. The van der Waals surface area contributed by atoms with Crippen LogP contribution in [0.15, 0.2) is 84.9 Å². The van der Waals surface area contributed by atoms with E-state index < -0.39 is 4.87 Å². The Hall–Kier alpha value is -2.25. The Bertz CT molecular complexity index is 714. The van der Waals surface area contributed by atoms with E-state index >= 15 is 0 Å². The average molecular weight is 323 g/mol. The predicted molar refractivity (Wildman–Crippen MR) is 96.2 cm³/mol. The molecule has 0 atom stereocenters. The fourth-order valence-corrected chi connectivity index (χ4v) is 3.25. The zero-order valence-electron chi connectivity index (χ0n) is 13.1. The minimum absolute atomic E-state index is 0.605. The molecule has 0 amide bonds. The SMILES string of the molecule is CCOc1ccccc1C(Cl)(c1ccccc1)c1ccccc1. The second kappa shape index (κ2) is 6.89. The molecule has 0 saturated heterocycles. The fourth-order valence-electron chi connectivity index (χ4n) is 2.85. The highest BCUT2D eigenvalue weighted by molar-refractivity contribution is 6.28. The third-order valence-electron chi connectivity index (χ3n) is 3.90. The van der Waals surface area contributed by atoms with Crippen LogP contribution in [-0.4, -0.2) is 6.61 Å². The van der Waals surface area contributed by atoms with Crippen molar-refractivity contribution in [1.29, 1.82) is 0 Å². The van der Waals surface area contributed by atoms with E-state index in [1.165, 1.54) is 0 Å². The Kier molecular flexibility index (Phi) is 4.68. The van der Waals surface area contributed by atoms with Gasteiger partial charge in [0.2, 0.25) is 0 Å². The molecule has 0 fully saturated rings. The number of halogens is 1. The van der Waals surface area contributed by atoms with Crippen molar-refractivity contribution in [3.63, 3.8) is 0 Å². The van der Waals surface area contributed by atoms with Crippen molar-refractivity contribution >= 4 is 11.6 Å². The van der Waals surface area contributed by atoms with Crippen LogP contribution >= 0.6 is 11.6 Å². The molecule has 3 aromatic rings. The molecule has 0 aliphatic rings. The summed E-state index contributed by atoms with van der Waals surface area (Å²) in [5, 5.41) is 0. The van der Waals surface area contributed by atoms with Gasteiger partial charge in [0.15, 0.2) is 0 Å². The van der Waals surface area contributed by atoms with Gasteiger partial charge in [0.1, 0.15) is 10.6 Å². The first-order chi connectivity index (χ1) is 11.3. The van der Waals surface area contributed by atoms with Gasteiger partial charge in [-0.15, -0.1) is 11.6 Å². The van der Waals surface area contributed by atoms with Gasteiger partial charge in [-0.3, -0.25) is 0 Å². The van der Waals surface area contributed by atoms with Crippen LogP contribution in [0, 0.1) is 0 Å². The third kappa shape index (κ3) is 2.97. The van der Waals surface area contributed by atoms with Gasteiger partial charge >= 0.3 is 0 Å². The summed E-state index contributed by atoms with van der Waals surface area (Å²) in [5.74, 6) is 0.817. The van der Waals surface area contributed by atoms with Crippen LogP contribution in [0.1, 0.15) is 23.6 Å². The van der Waals surface area contributed by atoms with Crippen LogP contribution in [0.5, 0.6) is 5.75 Å². The summed E-state index contributed by atoms with van der Waals surface area (Å²) >= 11 is 7.28. The van der Waals surface area contributed by atoms with E-state index in [0.29, 0.717) is 6.61 Å². The lowest BCUT2D eigenvalue weighted by atomic mass is 9.83. The molecule has 0 bridgehead atoms. The quantitative estimate of drug-likeness (QED) is 0.438. The van der Waals surface area contributed by atoms with E-state index in [2.05, 4.69) is 24.3 Å². The smallest absolute Gasteiger partial charge is 0.124 e. The van der Waals surface area contributed by atoms with Crippen molar-refractivity contribution in [1.82, 2.24) is 0 Å². The molecule has 23 heavy (non-hydrogen) atoms. The maximum atomic E-state index is 7.28. The lowest BCUT2D eigenvalue weighted by molar-refractivity contribution is 0.335. The van der Waals surface area contributed by atoms with Gasteiger partial charge in [0, 0.05) is 5.56 Å². The molecular formula is C21H19ClO. The number of rotatable bonds is 5. The van der Waals surface area contributed by atoms with Crippen LogP contribution in [0.2, 0.25) is 0 Å². The zero-order valence-corrected chi connectivity index (χ0v) is 13.8. The highest BCUT2D eigenvalue weighted by Crippen LogP contribution is 2.46. The molecule has 0 aliphatic carbocycles. The second-order valence-corrected chi connectivity index (χ2v) is 5.89. The molecule has 0 heterocycles. The number of hydrogen-bond acceptors (Lipinski definition) is 1. The van der Waals surface area contributed by atoms with Gasteiger partial charge in [0.25, 0.3) is 0 Å². The summed E-state index contributed by atoms with van der Waals surface area (Å²) in [6.07, 6.45) is 0. The van der Waals surface area contributed by atoms with Crippen LogP contribution in [-0.2, 0) is 4.87 Å². The Morgan fingerprint density at radius 1 is 0.739 bits per heavy atom. The van der Waals surface area contributed by atoms with Crippen molar-refractivity contribution in [3.8, 4) is 5.75 Å². The molecule has 0 radical (unpaired) electrons. The molecule has 2 heteroatoms. The van der Waals surface area contributed by atoms with Gasteiger partial charge in [-0.1, -0.05) is 78.9 Å². The van der Waals surface area contributed by atoms with Crippen LogP contribution in [0.4, 0.5) is 0 Å². The normalized spacial score (nSPS) is 11.2. The van der Waals surface area contributed by atoms with Crippen LogP contribution in [0.3, 0.4) is 0 Å². The van der Waals surface area contributed by atoms with E-state index in [0.717, 1.165) is 22.4 Å². The lowest BCUT2D eigenvalue weighted by Crippen LogP contribution is -2.23. The molecule has 0 unspecified atom stereocenters. The van der Waals surface area contributed by atoms with Gasteiger partial charge in [-0.25, -0.2) is 0 Å². The number of ether oxygens (including phenoxy) is 1. The zero-order chi connectivity index (χ0) is 16.1. The number of alkyl halides is 1. The largest absolute Gasteiger partial charge is 0.494 e. The number of benzene rings is 3. The van der Waals surface area contributed by atoms with E-state index in [1.54, 1.807) is 0 Å². The lowest BCUT2D eigenvalue weighted by Gasteiger charge is -2.30. The Morgan fingerprint density at radius 2 is 1.22 bits per heavy atom. The van der Waals surface area contributed by atoms with Crippen LogP contribution < -0.4 is 4.74 Å². The molecule has 116 valence electrons. The number of para-hydroxylation sites is 1. The molecule has 0 saturated carbocycles. The van der Waals surface area contributed by atoms with Gasteiger partial charge in [0.05, 0.1) is 6.61 Å². The van der Waals surface area contributed by atoms with Gasteiger partial charge in [-0.2, -0.15) is 0 Å². The monoisotopic (exact) mass is 322 g/mol. The van der Waals surface area contributed by atoms with E-state index in [4.69, 9.17) is 16.3 Å². The van der Waals surface area contributed by atoms with Crippen molar-refractivity contribution in [2.45, 2.75) is 11.8 Å². The molecule has 0 N–H and O–H groups in total. The molecule has 0 aliphatic heterocycles. The molecular weight excluding hydrogens is 304 g/mol. The minimum Gasteiger partial charge on any atom is -0.494 e. The third-order valence-corrected chi connectivity index (χ3v) is 4.54. The predicted octanol–water partition coefficient (Wildman–Crippen LogP) is 5.62. The summed E-state index contributed by atoms with van der Waals surface area (Å²) < 4.78 is 5.84. The summed E-state index contributed by atoms with van der Waals surface area (Å²) in [6.45, 7) is 2.59. The topological polar surface area (TPSA) is 9.23 Å². The van der Waals surface area contributed by atoms with Gasteiger partial charge < -0.3 is 4.74 Å². The Morgan fingerprint density at radius 3 is 1.74 bits per heavy atom. The Balaban J connectivity index is 2.26. The maximum absolute atomic E-state index is 7.28. The molecule has 3 aromatic carbocycles. The summed E-state index contributed by atoms with van der Waals surface area (Å²) in [6, 6.07) is 28.3. The maximum Gasteiger partial charge on any atom is 0.124 e. The number of hydrogen-bond donors (Lipinski definition) is 0. The van der Waals surface area contributed by atoms with E-state index in [-0.39, 0.29) is 0 Å². The molecule has 0 aromatic heterocycles. The first-order valence-electron chi connectivity index (χ1n) is 7.79. The highest BCUT2D eigenvalue weighted by atomic mass is 35.5. The average Bonchev–Trinajstić information content (AvgIpc) is 2.63. The fraction of sp³-hybridized carbons (Fsp3) is 0.143. The first-order valence-corrected chi connectivity index (χ1v) is 8.17. The van der Waals surface area contributed by atoms with Crippen molar-refractivity contribution in [2.24, 2.45) is 0 Å². The second-order valence-electron chi connectivity index (χ2n) is 5.32. The van der Waals surface area contributed by atoms with Crippen molar-refractivity contribution < 1.29 is 4.74 Å². The van der Waals surface area contributed by atoms with Gasteiger partial charge in [-0.05, 0) is 24.1 Å². The first kappa shape index (κ1) is 15.6. The standard InChI is InChI=1S/C21H19ClO/c1-2-23-20-16-10-9-15-19(20)21(22,17-11-5-3-6-12-17)18-13-7-4-8-14-18/h3-16H,2H2,1H3. The summed E-state index contributed by atoms with van der Waals surface area (Å²) in [4.78, 5) is -0.783. The minimum atomic E-state index is -0.783. The molecule has 0 spiro atoms. The van der Waals surface area contributed by atoms with Crippen molar-refractivity contribution in [3.05, 3.63) is 102 Å². The highest BCUT2D eigenvalue weighted by Gasteiger charge is 2.36. The molecule has 3 rings (SSSR count). The van der Waals surface area contributed by atoms with Crippen LogP contribution in [0.25, 0.3) is 0 Å². The Labute approximate surface area is 142 Å². The summed E-state index contributed by atoms with van der Waals surface area (Å²) in [5.41, 5.74) is 3.01. The van der Waals surface area contributed by atoms with Crippen molar-refractivity contribution in [2.75, 3.05) is 6.61 Å². The van der Waals surface area contributed by atoms with E-state index in [1.807, 2.05) is 67.6 Å².